The summed E-state index contributed by atoms with van der Waals surface area (Å²) in [6.45, 7) is 1.84. The summed E-state index contributed by atoms with van der Waals surface area (Å²) in [7, 11) is 0. The molecule has 0 N–H and O–H groups in total. The second-order valence-corrected chi connectivity index (χ2v) is 6.86. The number of alkyl halides is 3. The molecule has 0 radical (unpaired) electrons. The average molecular weight is 318 g/mol. The van der Waals surface area contributed by atoms with Gasteiger partial charge in [-0.15, -0.1) is 0 Å². The second-order valence-electron chi connectivity index (χ2n) is 4.63. The van der Waals surface area contributed by atoms with E-state index in [0.717, 1.165) is 53.0 Å². The Morgan fingerprint density at radius 2 is 2.00 bits per heavy atom. The van der Waals surface area contributed by atoms with Crippen molar-refractivity contribution >= 4 is 38.4 Å². The van der Waals surface area contributed by atoms with Crippen molar-refractivity contribution in [3.63, 3.8) is 0 Å². The number of fused-ring (bicyclic) bond motifs is 1. The highest BCUT2D eigenvalue weighted by Gasteiger charge is 2.31. The first-order valence-electron chi connectivity index (χ1n) is 6.34. The third-order valence-electron chi connectivity index (χ3n) is 3.20. The Morgan fingerprint density at radius 1 is 1.15 bits per heavy atom. The molecule has 0 unspecified atom stereocenters. The fourth-order valence-electron chi connectivity index (χ4n) is 2.16. The number of halogens is 3. The standard InChI is InChI=1S/C13H13F3N2S2/c14-13(15,16)9-2-3-11-10(8-9)17-12(20-11)18-4-1-6-19-7-5-18/h2-3,8H,1,4-7H2. The molecule has 0 saturated carbocycles. The van der Waals surface area contributed by atoms with Crippen LogP contribution in [0.2, 0.25) is 0 Å². The Kier molecular flexibility index (Phi) is 3.81. The van der Waals surface area contributed by atoms with Crippen molar-refractivity contribution in [2.75, 3.05) is 29.5 Å². The first-order chi connectivity index (χ1) is 9.54. The molecule has 0 aliphatic carbocycles. The first kappa shape index (κ1) is 14.0. The van der Waals surface area contributed by atoms with E-state index in [9.17, 15) is 13.2 Å². The van der Waals surface area contributed by atoms with Crippen molar-refractivity contribution in [3.05, 3.63) is 23.8 Å². The smallest absolute Gasteiger partial charge is 0.347 e. The van der Waals surface area contributed by atoms with Crippen molar-refractivity contribution in [3.8, 4) is 0 Å². The molecule has 0 amide bonds. The van der Waals surface area contributed by atoms with Crippen molar-refractivity contribution in [2.24, 2.45) is 0 Å². The fourth-order valence-corrected chi connectivity index (χ4v) is 4.05. The summed E-state index contributed by atoms with van der Waals surface area (Å²) in [6.07, 6.45) is -3.22. The van der Waals surface area contributed by atoms with Crippen LogP contribution in [0.4, 0.5) is 18.3 Å². The molecule has 1 fully saturated rings. The largest absolute Gasteiger partial charge is 0.416 e. The maximum Gasteiger partial charge on any atom is 0.416 e. The monoisotopic (exact) mass is 318 g/mol. The van der Waals surface area contributed by atoms with Gasteiger partial charge in [0.05, 0.1) is 15.8 Å². The zero-order valence-electron chi connectivity index (χ0n) is 10.6. The van der Waals surface area contributed by atoms with Gasteiger partial charge >= 0.3 is 6.18 Å². The van der Waals surface area contributed by atoms with Crippen LogP contribution < -0.4 is 4.90 Å². The van der Waals surface area contributed by atoms with Gasteiger partial charge in [-0.1, -0.05) is 11.3 Å². The van der Waals surface area contributed by atoms with Crippen molar-refractivity contribution < 1.29 is 13.2 Å². The summed E-state index contributed by atoms with van der Waals surface area (Å²) in [6, 6.07) is 3.79. The van der Waals surface area contributed by atoms with Gasteiger partial charge in [-0.3, -0.25) is 0 Å². The molecule has 2 nitrogen and oxygen atoms in total. The van der Waals surface area contributed by atoms with Crippen LogP contribution in [0.1, 0.15) is 12.0 Å². The lowest BCUT2D eigenvalue weighted by atomic mass is 10.2. The van der Waals surface area contributed by atoms with Crippen LogP contribution in [0.25, 0.3) is 10.2 Å². The van der Waals surface area contributed by atoms with E-state index in [1.165, 1.54) is 17.4 Å². The Bertz CT molecular complexity index is 601. The molecule has 1 saturated heterocycles. The summed E-state index contributed by atoms with van der Waals surface area (Å²) >= 11 is 3.38. The van der Waals surface area contributed by atoms with Crippen LogP contribution in [0.3, 0.4) is 0 Å². The molecule has 2 heterocycles. The minimum absolute atomic E-state index is 0.441. The lowest BCUT2D eigenvalue weighted by Gasteiger charge is -2.17. The number of aromatic nitrogens is 1. The molecule has 1 aromatic carbocycles. The minimum atomic E-state index is -4.31. The zero-order chi connectivity index (χ0) is 14.2. The maximum absolute atomic E-state index is 12.7. The molecule has 0 atom stereocenters. The second kappa shape index (κ2) is 5.44. The number of benzene rings is 1. The molecule has 1 aliphatic heterocycles. The Hall–Kier alpha value is -0.950. The van der Waals surface area contributed by atoms with E-state index >= 15 is 0 Å². The molecule has 1 aliphatic rings. The molecule has 108 valence electrons. The van der Waals surface area contributed by atoms with Crippen molar-refractivity contribution in [1.29, 1.82) is 0 Å². The lowest BCUT2D eigenvalue weighted by molar-refractivity contribution is -0.137. The van der Waals surface area contributed by atoms with Gasteiger partial charge in [0.1, 0.15) is 0 Å². The van der Waals surface area contributed by atoms with Crippen LogP contribution >= 0.6 is 23.1 Å². The number of thioether (sulfide) groups is 1. The van der Waals surface area contributed by atoms with E-state index in [2.05, 4.69) is 9.88 Å². The van der Waals surface area contributed by atoms with Crippen molar-refractivity contribution in [2.45, 2.75) is 12.6 Å². The molecule has 20 heavy (non-hydrogen) atoms. The average Bonchev–Trinajstić information content (AvgIpc) is 2.63. The summed E-state index contributed by atoms with van der Waals surface area (Å²) < 4.78 is 38.9. The van der Waals surface area contributed by atoms with E-state index in [1.807, 2.05) is 11.8 Å². The van der Waals surface area contributed by atoms with Gasteiger partial charge in [0.15, 0.2) is 5.13 Å². The molecule has 0 bridgehead atoms. The van der Waals surface area contributed by atoms with Crippen LogP contribution in [0.5, 0.6) is 0 Å². The van der Waals surface area contributed by atoms with E-state index in [1.54, 1.807) is 0 Å². The summed E-state index contributed by atoms with van der Waals surface area (Å²) in [5, 5.41) is 0.835. The van der Waals surface area contributed by atoms with Crippen molar-refractivity contribution in [1.82, 2.24) is 4.98 Å². The maximum atomic E-state index is 12.7. The predicted molar refractivity (Wildman–Crippen MR) is 78.8 cm³/mol. The van der Waals surface area contributed by atoms with E-state index < -0.39 is 11.7 Å². The van der Waals surface area contributed by atoms with E-state index in [-0.39, 0.29) is 0 Å². The van der Waals surface area contributed by atoms with Gasteiger partial charge in [0.25, 0.3) is 0 Å². The van der Waals surface area contributed by atoms with Crippen LogP contribution in [0.15, 0.2) is 18.2 Å². The highest BCUT2D eigenvalue weighted by molar-refractivity contribution is 7.99. The van der Waals surface area contributed by atoms with Gasteiger partial charge < -0.3 is 4.90 Å². The zero-order valence-corrected chi connectivity index (χ0v) is 12.2. The molecule has 0 spiro atoms. The number of nitrogens with zero attached hydrogens (tertiary/aromatic N) is 2. The highest BCUT2D eigenvalue weighted by Crippen LogP contribution is 2.35. The number of rotatable bonds is 1. The third kappa shape index (κ3) is 2.88. The molecular formula is C13H13F3N2S2. The molecule has 2 aromatic rings. The van der Waals surface area contributed by atoms with E-state index in [0.29, 0.717) is 5.52 Å². The lowest BCUT2D eigenvalue weighted by Crippen LogP contribution is -2.25. The SMILES string of the molecule is FC(F)(F)c1ccc2sc(N3CCCSCC3)nc2c1. The number of anilines is 1. The highest BCUT2D eigenvalue weighted by atomic mass is 32.2. The van der Waals surface area contributed by atoms with Crippen LogP contribution in [-0.2, 0) is 6.18 Å². The Balaban J connectivity index is 1.93. The fraction of sp³-hybridized carbons (Fsp3) is 0.462. The molecule has 1 aromatic heterocycles. The first-order valence-corrected chi connectivity index (χ1v) is 8.32. The predicted octanol–water partition coefficient (Wildman–Crippen LogP) is 4.26. The normalized spacial score (nSPS) is 17.4. The quantitative estimate of drug-likeness (QED) is 0.781. The van der Waals surface area contributed by atoms with Gasteiger partial charge in [-0.05, 0) is 30.4 Å². The molecule has 7 heteroatoms. The Morgan fingerprint density at radius 3 is 2.80 bits per heavy atom. The van der Waals surface area contributed by atoms with Crippen LogP contribution in [-0.4, -0.2) is 29.6 Å². The van der Waals surface area contributed by atoms with Crippen LogP contribution in [0, 0.1) is 0 Å². The summed E-state index contributed by atoms with van der Waals surface area (Å²) in [5.74, 6) is 2.18. The molecule has 3 rings (SSSR count). The van der Waals surface area contributed by atoms with E-state index in [4.69, 9.17) is 0 Å². The third-order valence-corrected chi connectivity index (χ3v) is 5.34. The summed E-state index contributed by atoms with van der Waals surface area (Å²) in [4.78, 5) is 6.57. The number of thiazole rings is 1. The number of hydrogen-bond donors (Lipinski definition) is 0. The van der Waals surface area contributed by atoms with Gasteiger partial charge in [-0.2, -0.15) is 24.9 Å². The topological polar surface area (TPSA) is 16.1 Å². The minimum Gasteiger partial charge on any atom is -0.347 e. The Labute approximate surface area is 123 Å². The number of hydrogen-bond acceptors (Lipinski definition) is 4. The van der Waals surface area contributed by atoms with Gasteiger partial charge in [0.2, 0.25) is 0 Å². The summed E-state index contributed by atoms with van der Waals surface area (Å²) in [5.41, 5.74) is -0.190. The van der Waals surface area contributed by atoms with Gasteiger partial charge in [-0.25, -0.2) is 4.98 Å². The van der Waals surface area contributed by atoms with Gasteiger partial charge in [0, 0.05) is 18.8 Å². The molecular weight excluding hydrogens is 305 g/mol.